The largest absolute Gasteiger partial charge is 0.477 e. The van der Waals surface area contributed by atoms with Crippen LogP contribution < -0.4 is 5.73 Å². The topological polar surface area (TPSA) is 104 Å². The first kappa shape index (κ1) is 28.0. The number of aryl methyl sites for hydroxylation is 2. The molecule has 2 heterocycles. The van der Waals surface area contributed by atoms with Crippen molar-refractivity contribution in [2.45, 2.75) is 25.9 Å². The van der Waals surface area contributed by atoms with Crippen molar-refractivity contribution in [1.82, 2.24) is 4.98 Å². The lowest BCUT2D eigenvalue weighted by Gasteiger charge is -2.12. The van der Waals surface area contributed by atoms with Crippen LogP contribution in [0.25, 0.3) is 21.5 Å². The predicted molar refractivity (Wildman–Crippen MR) is 132 cm³/mol. The molecular weight excluding hydrogens is 497 g/mol. The molecule has 0 radical (unpaired) electrons. The Morgan fingerprint density at radius 2 is 1.64 bits per heavy atom. The van der Waals surface area contributed by atoms with Crippen LogP contribution in [0.4, 0.5) is 13.2 Å². The number of carboxylic acid groups (broad SMARTS) is 1. The van der Waals surface area contributed by atoms with Crippen molar-refractivity contribution in [3.8, 4) is 11.3 Å². The van der Waals surface area contributed by atoms with E-state index in [1.54, 1.807) is 12.1 Å². The van der Waals surface area contributed by atoms with E-state index in [-0.39, 0.29) is 26.4 Å². The molecule has 0 saturated heterocycles. The molecular formula is C25H29F3N2O5S. The van der Waals surface area contributed by atoms with Gasteiger partial charge >= 0.3 is 12.1 Å². The van der Waals surface area contributed by atoms with E-state index in [4.69, 9.17) is 19.9 Å². The summed E-state index contributed by atoms with van der Waals surface area (Å²) in [4.78, 5) is 15.7. The number of benzene rings is 1. The number of thiophene rings is 1. The van der Waals surface area contributed by atoms with Gasteiger partial charge in [-0.05, 0) is 37.0 Å². The fourth-order valence-corrected chi connectivity index (χ4v) is 4.71. The molecule has 1 aromatic carbocycles. The van der Waals surface area contributed by atoms with Gasteiger partial charge in [-0.1, -0.05) is 24.3 Å². The second-order valence-electron chi connectivity index (χ2n) is 8.02. The van der Waals surface area contributed by atoms with E-state index in [0.717, 1.165) is 35.8 Å². The van der Waals surface area contributed by atoms with Crippen LogP contribution in [0.2, 0.25) is 0 Å². The Bertz CT molecular complexity index is 1150. The highest BCUT2D eigenvalue weighted by Gasteiger charge is 2.36. The number of aromatic nitrogens is 1. The smallest absolute Gasteiger partial charge is 0.417 e. The summed E-state index contributed by atoms with van der Waals surface area (Å²) in [7, 11) is 0. The van der Waals surface area contributed by atoms with Gasteiger partial charge in [0.25, 0.3) is 0 Å². The highest BCUT2D eigenvalue weighted by Crippen LogP contribution is 2.41. The van der Waals surface area contributed by atoms with Gasteiger partial charge in [-0.25, -0.2) is 9.78 Å². The van der Waals surface area contributed by atoms with Crippen LogP contribution in [0.3, 0.4) is 0 Å². The SMILES string of the molecule is Cc1c(C(=O)O)sc2nc(-c3ccc(CCCOCCOCCOCCN)cc3)cc(C(F)(F)F)c12. The van der Waals surface area contributed by atoms with Crippen molar-refractivity contribution in [1.29, 1.82) is 0 Å². The predicted octanol–water partition coefficient (Wildman–Crippen LogP) is 4.93. The number of aromatic carboxylic acids is 1. The Morgan fingerprint density at radius 3 is 2.22 bits per heavy atom. The minimum absolute atomic E-state index is 0.0583. The third kappa shape index (κ3) is 7.47. The second kappa shape index (κ2) is 13.1. The van der Waals surface area contributed by atoms with E-state index in [2.05, 4.69) is 4.98 Å². The summed E-state index contributed by atoms with van der Waals surface area (Å²) in [6, 6.07) is 8.14. The summed E-state index contributed by atoms with van der Waals surface area (Å²) in [5, 5.41) is 9.18. The zero-order chi connectivity index (χ0) is 26.1. The number of pyridine rings is 1. The van der Waals surface area contributed by atoms with E-state index >= 15 is 0 Å². The van der Waals surface area contributed by atoms with Crippen molar-refractivity contribution < 1.29 is 37.3 Å². The average Bonchev–Trinajstić information content (AvgIpc) is 3.18. The number of hydrogen-bond acceptors (Lipinski definition) is 7. The number of halogens is 3. The summed E-state index contributed by atoms with van der Waals surface area (Å²) in [6.45, 7) is 4.91. The van der Waals surface area contributed by atoms with E-state index in [0.29, 0.717) is 51.7 Å². The molecule has 11 heteroatoms. The van der Waals surface area contributed by atoms with Crippen molar-refractivity contribution >= 4 is 27.5 Å². The Morgan fingerprint density at radius 1 is 1.03 bits per heavy atom. The lowest BCUT2D eigenvalue weighted by molar-refractivity contribution is -0.136. The molecule has 0 aliphatic heterocycles. The van der Waals surface area contributed by atoms with Gasteiger partial charge in [0.15, 0.2) is 0 Å². The maximum Gasteiger partial charge on any atom is 0.417 e. The molecule has 3 N–H and O–H groups in total. The Hall–Kier alpha value is -2.57. The molecule has 0 amide bonds. The highest BCUT2D eigenvalue weighted by atomic mass is 32.1. The number of hydrogen-bond donors (Lipinski definition) is 2. The van der Waals surface area contributed by atoms with Crippen LogP contribution in [-0.4, -0.2) is 62.2 Å². The van der Waals surface area contributed by atoms with Crippen LogP contribution in [0.1, 0.15) is 32.8 Å². The Kier molecular flexibility index (Phi) is 10.2. The summed E-state index contributed by atoms with van der Waals surface area (Å²) in [5.74, 6) is -1.26. The van der Waals surface area contributed by atoms with E-state index in [1.807, 2.05) is 12.1 Å². The third-order valence-electron chi connectivity index (χ3n) is 5.41. The van der Waals surface area contributed by atoms with E-state index < -0.39 is 17.7 Å². The lowest BCUT2D eigenvalue weighted by atomic mass is 10.0. The molecule has 7 nitrogen and oxygen atoms in total. The van der Waals surface area contributed by atoms with E-state index in [1.165, 1.54) is 6.92 Å². The first-order valence-corrected chi connectivity index (χ1v) is 12.3. The first-order chi connectivity index (χ1) is 17.2. The standard InChI is InChI=1S/C25H29F3N2O5S/c1-16-21-19(25(26,27)28)15-20(30-23(21)36-22(16)24(31)32)18-6-4-17(5-7-18)3-2-9-33-11-13-35-14-12-34-10-8-29/h4-7,15H,2-3,8-14,29H2,1H3,(H,31,32). The number of ether oxygens (including phenoxy) is 3. The van der Waals surface area contributed by atoms with Gasteiger partial charge in [0.1, 0.15) is 9.71 Å². The number of carbonyl (C=O) groups is 1. The quantitative estimate of drug-likeness (QED) is 0.287. The summed E-state index contributed by atoms with van der Waals surface area (Å²) in [6.07, 6.45) is -3.10. The fraction of sp³-hybridized carbons (Fsp3) is 0.440. The molecule has 196 valence electrons. The van der Waals surface area contributed by atoms with Crippen molar-refractivity contribution in [2.24, 2.45) is 5.73 Å². The normalized spacial score (nSPS) is 11.9. The van der Waals surface area contributed by atoms with Crippen LogP contribution in [-0.2, 0) is 26.8 Å². The number of rotatable bonds is 14. The maximum atomic E-state index is 13.8. The second-order valence-corrected chi connectivity index (χ2v) is 9.02. The van der Waals surface area contributed by atoms with Crippen molar-refractivity contribution in [3.05, 3.63) is 51.9 Å². The molecule has 36 heavy (non-hydrogen) atoms. The van der Waals surface area contributed by atoms with Crippen LogP contribution in [0.5, 0.6) is 0 Å². The molecule has 0 spiro atoms. The fourth-order valence-electron chi connectivity index (χ4n) is 3.67. The van der Waals surface area contributed by atoms with Gasteiger partial charge in [0.05, 0.1) is 44.3 Å². The van der Waals surface area contributed by atoms with Gasteiger partial charge in [-0.3, -0.25) is 0 Å². The van der Waals surface area contributed by atoms with Crippen molar-refractivity contribution in [3.63, 3.8) is 0 Å². The monoisotopic (exact) mass is 526 g/mol. The molecule has 0 unspecified atom stereocenters. The van der Waals surface area contributed by atoms with Crippen LogP contribution in [0.15, 0.2) is 30.3 Å². The van der Waals surface area contributed by atoms with Crippen LogP contribution in [0, 0.1) is 6.92 Å². The number of fused-ring (bicyclic) bond motifs is 1. The molecule has 0 aliphatic rings. The zero-order valence-corrected chi connectivity index (χ0v) is 20.7. The molecule has 0 atom stereocenters. The maximum absolute atomic E-state index is 13.8. The van der Waals surface area contributed by atoms with Crippen LogP contribution >= 0.6 is 11.3 Å². The minimum Gasteiger partial charge on any atom is -0.477 e. The number of nitrogens with two attached hydrogens (primary N) is 1. The number of carboxylic acids is 1. The van der Waals surface area contributed by atoms with Gasteiger partial charge < -0.3 is 25.1 Å². The Balaban J connectivity index is 1.57. The zero-order valence-electron chi connectivity index (χ0n) is 19.9. The molecule has 2 aromatic heterocycles. The van der Waals surface area contributed by atoms with Gasteiger partial charge in [-0.15, -0.1) is 11.3 Å². The lowest BCUT2D eigenvalue weighted by Crippen LogP contribution is -2.13. The molecule has 0 bridgehead atoms. The van der Waals surface area contributed by atoms with Gasteiger partial charge in [0.2, 0.25) is 0 Å². The molecule has 0 saturated carbocycles. The third-order valence-corrected chi connectivity index (χ3v) is 6.58. The summed E-state index contributed by atoms with van der Waals surface area (Å²) < 4.78 is 57.5. The molecule has 3 rings (SSSR count). The number of alkyl halides is 3. The van der Waals surface area contributed by atoms with Crippen molar-refractivity contribution in [2.75, 3.05) is 46.2 Å². The highest BCUT2D eigenvalue weighted by molar-refractivity contribution is 7.20. The minimum atomic E-state index is -4.64. The number of nitrogens with zero attached hydrogens (tertiary/aromatic N) is 1. The molecule has 3 aromatic rings. The van der Waals surface area contributed by atoms with E-state index in [9.17, 15) is 23.1 Å². The molecule has 0 fully saturated rings. The van der Waals surface area contributed by atoms with Gasteiger partial charge in [-0.2, -0.15) is 13.2 Å². The molecule has 0 aliphatic carbocycles. The summed E-state index contributed by atoms with van der Waals surface area (Å²) >= 11 is 0.755. The summed E-state index contributed by atoms with van der Waals surface area (Å²) in [5.41, 5.74) is 6.22. The average molecular weight is 527 g/mol. The Labute approximate surface area is 211 Å². The first-order valence-electron chi connectivity index (χ1n) is 11.5. The van der Waals surface area contributed by atoms with Gasteiger partial charge in [0, 0.05) is 24.1 Å².